The summed E-state index contributed by atoms with van der Waals surface area (Å²) in [5.74, 6) is -0.967. The van der Waals surface area contributed by atoms with Crippen LogP contribution in [0.5, 0.6) is 0 Å². The van der Waals surface area contributed by atoms with Crippen molar-refractivity contribution in [2.75, 3.05) is 6.54 Å². The molecule has 4 rings (SSSR count). The third-order valence-corrected chi connectivity index (χ3v) is 8.85. The van der Waals surface area contributed by atoms with Crippen molar-refractivity contribution in [1.82, 2.24) is 4.90 Å². The maximum Gasteiger partial charge on any atom is 0.326 e. The highest BCUT2D eigenvalue weighted by atomic mass is 32.2. The van der Waals surface area contributed by atoms with Crippen molar-refractivity contribution in [3.8, 4) is 0 Å². The van der Waals surface area contributed by atoms with E-state index in [1.807, 2.05) is 0 Å². The van der Waals surface area contributed by atoms with Gasteiger partial charge in [-0.3, -0.25) is 4.79 Å². The van der Waals surface area contributed by atoms with Gasteiger partial charge >= 0.3 is 5.97 Å². The molecule has 146 valence electrons. The number of fused-ring (bicyclic) bond motifs is 1. The summed E-state index contributed by atoms with van der Waals surface area (Å²) >= 11 is 0. The van der Waals surface area contributed by atoms with E-state index in [0.29, 0.717) is 24.9 Å². The second-order valence-corrected chi connectivity index (χ2v) is 10.3. The predicted octanol–water partition coefficient (Wildman–Crippen LogP) is 2.73. The molecule has 0 spiro atoms. The Morgan fingerprint density at radius 3 is 2.26 bits per heavy atom. The lowest BCUT2D eigenvalue weighted by atomic mass is 9.94. The molecule has 0 radical (unpaired) electrons. The number of carboxylic acid groups (broad SMARTS) is 1. The molecule has 3 atom stereocenters. The van der Waals surface area contributed by atoms with Crippen molar-refractivity contribution in [2.45, 2.75) is 61.1 Å². The fourth-order valence-electron chi connectivity index (χ4n) is 5.18. The van der Waals surface area contributed by atoms with Crippen LogP contribution in [0.15, 0.2) is 29.2 Å². The van der Waals surface area contributed by atoms with Gasteiger partial charge in [0.25, 0.3) is 5.91 Å². The van der Waals surface area contributed by atoms with Crippen LogP contribution in [0.3, 0.4) is 0 Å². The van der Waals surface area contributed by atoms with Crippen molar-refractivity contribution in [3.05, 3.63) is 29.8 Å². The lowest BCUT2D eigenvalue weighted by molar-refractivity contribution is -0.142. The molecule has 3 aliphatic rings. The van der Waals surface area contributed by atoms with Gasteiger partial charge < -0.3 is 10.0 Å². The van der Waals surface area contributed by atoms with Gasteiger partial charge in [0.1, 0.15) is 6.04 Å². The molecule has 1 heterocycles. The summed E-state index contributed by atoms with van der Waals surface area (Å²) in [6.45, 7) is 0.475. The van der Waals surface area contributed by atoms with E-state index in [4.69, 9.17) is 0 Å². The molecule has 1 aromatic carbocycles. The summed E-state index contributed by atoms with van der Waals surface area (Å²) in [5, 5.41) is 9.30. The highest BCUT2D eigenvalue weighted by molar-refractivity contribution is 7.92. The van der Waals surface area contributed by atoms with Crippen LogP contribution in [0.2, 0.25) is 0 Å². The summed E-state index contributed by atoms with van der Waals surface area (Å²) < 4.78 is 25.3. The molecule has 0 aromatic heterocycles. The van der Waals surface area contributed by atoms with Crippen molar-refractivity contribution < 1.29 is 23.1 Å². The molecule has 1 aliphatic heterocycles. The van der Waals surface area contributed by atoms with Crippen LogP contribution in [0.1, 0.15) is 55.3 Å². The summed E-state index contributed by atoms with van der Waals surface area (Å²) in [5.41, 5.74) is 0.353. The number of rotatable bonds is 4. The number of sulfone groups is 1. The highest BCUT2D eigenvalue weighted by Gasteiger charge is 2.49. The zero-order valence-corrected chi connectivity index (χ0v) is 16.0. The number of aliphatic carboxylic acids is 1. The van der Waals surface area contributed by atoms with Crippen molar-refractivity contribution in [1.29, 1.82) is 0 Å². The van der Waals surface area contributed by atoms with E-state index in [1.165, 1.54) is 29.2 Å². The van der Waals surface area contributed by atoms with Crippen LogP contribution in [0.25, 0.3) is 0 Å². The Bertz CT molecular complexity index is 842. The van der Waals surface area contributed by atoms with Crippen LogP contribution in [-0.2, 0) is 14.6 Å². The number of carbonyl (C=O) groups excluding carboxylic acids is 1. The fourth-order valence-corrected chi connectivity index (χ4v) is 7.03. The molecule has 1 amide bonds. The minimum absolute atomic E-state index is 0.0356. The number of carboxylic acids is 1. The number of hydrogen-bond acceptors (Lipinski definition) is 4. The average molecular weight is 391 g/mol. The van der Waals surface area contributed by atoms with E-state index in [-0.39, 0.29) is 27.9 Å². The molecule has 7 heteroatoms. The number of amides is 1. The van der Waals surface area contributed by atoms with Gasteiger partial charge in [-0.25, -0.2) is 13.2 Å². The SMILES string of the molecule is O=C(O)C1C2CCCC2CN1C(=O)c1ccc(S(=O)(=O)C2CCCC2)cc1. The fraction of sp³-hybridized carbons (Fsp3) is 0.600. The normalized spacial score (nSPS) is 28.4. The van der Waals surface area contributed by atoms with Gasteiger partial charge in [0.15, 0.2) is 9.84 Å². The molecule has 1 aromatic rings. The Balaban J connectivity index is 1.55. The Morgan fingerprint density at radius 2 is 1.63 bits per heavy atom. The smallest absolute Gasteiger partial charge is 0.326 e. The molecule has 0 bridgehead atoms. The first kappa shape index (κ1) is 18.5. The van der Waals surface area contributed by atoms with Crippen LogP contribution < -0.4 is 0 Å². The lowest BCUT2D eigenvalue weighted by Crippen LogP contribution is -2.43. The Morgan fingerprint density at radius 1 is 0.963 bits per heavy atom. The number of likely N-dealkylation sites (tertiary alicyclic amines) is 1. The first-order chi connectivity index (χ1) is 12.9. The molecule has 27 heavy (non-hydrogen) atoms. The first-order valence-electron chi connectivity index (χ1n) is 9.77. The molecule has 3 fully saturated rings. The van der Waals surface area contributed by atoms with Gasteiger partial charge in [-0.2, -0.15) is 0 Å². The molecular formula is C20H25NO5S. The highest BCUT2D eigenvalue weighted by Crippen LogP contribution is 2.42. The number of hydrogen-bond donors (Lipinski definition) is 1. The summed E-state index contributed by atoms with van der Waals surface area (Å²) in [6, 6.07) is 5.27. The van der Waals surface area contributed by atoms with Gasteiger partial charge in [0.2, 0.25) is 0 Å². The van der Waals surface area contributed by atoms with Crippen LogP contribution in [0, 0.1) is 11.8 Å². The molecule has 1 saturated heterocycles. The average Bonchev–Trinajstić information content (AvgIpc) is 3.37. The van der Waals surface area contributed by atoms with Gasteiger partial charge in [-0.05, 0) is 61.8 Å². The van der Waals surface area contributed by atoms with Gasteiger partial charge in [-0.15, -0.1) is 0 Å². The number of carbonyl (C=O) groups is 2. The number of nitrogens with zero attached hydrogens (tertiary/aromatic N) is 1. The van der Waals surface area contributed by atoms with E-state index < -0.39 is 21.8 Å². The summed E-state index contributed by atoms with van der Waals surface area (Å²) in [6.07, 6.45) is 6.11. The van der Waals surface area contributed by atoms with Gasteiger partial charge in [-0.1, -0.05) is 19.3 Å². The quantitative estimate of drug-likeness (QED) is 0.852. The largest absolute Gasteiger partial charge is 0.480 e. The third kappa shape index (κ3) is 3.16. The molecule has 3 unspecified atom stereocenters. The second-order valence-electron chi connectivity index (χ2n) is 8.07. The van der Waals surface area contributed by atoms with Crippen LogP contribution in [0.4, 0.5) is 0 Å². The zero-order valence-electron chi connectivity index (χ0n) is 15.2. The minimum atomic E-state index is -3.36. The van der Waals surface area contributed by atoms with Gasteiger partial charge in [0.05, 0.1) is 10.1 Å². The Kier molecular flexibility index (Phi) is 4.74. The maximum absolute atomic E-state index is 12.9. The van der Waals surface area contributed by atoms with E-state index >= 15 is 0 Å². The Labute approximate surface area is 159 Å². The number of benzene rings is 1. The van der Waals surface area contributed by atoms with Crippen molar-refractivity contribution in [3.63, 3.8) is 0 Å². The third-order valence-electron chi connectivity index (χ3n) is 6.58. The van der Waals surface area contributed by atoms with Crippen LogP contribution >= 0.6 is 0 Å². The van der Waals surface area contributed by atoms with Gasteiger partial charge in [0, 0.05) is 12.1 Å². The van der Waals surface area contributed by atoms with E-state index in [0.717, 1.165) is 32.1 Å². The maximum atomic E-state index is 12.9. The molecular weight excluding hydrogens is 366 g/mol. The lowest BCUT2D eigenvalue weighted by Gasteiger charge is -2.24. The topological polar surface area (TPSA) is 91.8 Å². The second kappa shape index (κ2) is 6.93. The molecule has 2 aliphatic carbocycles. The summed E-state index contributed by atoms with van der Waals surface area (Å²) in [4.78, 5) is 26.4. The van der Waals surface area contributed by atoms with E-state index in [1.54, 1.807) is 0 Å². The minimum Gasteiger partial charge on any atom is -0.480 e. The first-order valence-corrected chi connectivity index (χ1v) is 11.3. The van der Waals surface area contributed by atoms with Crippen molar-refractivity contribution >= 4 is 21.7 Å². The van der Waals surface area contributed by atoms with Crippen molar-refractivity contribution in [2.24, 2.45) is 11.8 Å². The standard InChI is InChI=1S/C20H25NO5S/c22-19(21-12-14-4-3-7-17(14)18(21)20(23)24)13-8-10-16(11-9-13)27(25,26)15-5-1-2-6-15/h8-11,14-15,17-18H,1-7,12H2,(H,23,24). The molecule has 2 saturated carbocycles. The monoisotopic (exact) mass is 391 g/mol. The van der Waals surface area contributed by atoms with Crippen LogP contribution in [-0.4, -0.2) is 48.1 Å². The molecule has 1 N–H and O–H groups in total. The van der Waals surface area contributed by atoms with E-state index in [9.17, 15) is 23.1 Å². The molecule has 6 nitrogen and oxygen atoms in total. The summed E-state index contributed by atoms with van der Waals surface area (Å²) in [7, 11) is -3.36. The Hall–Kier alpha value is -1.89. The predicted molar refractivity (Wildman–Crippen MR) is 99.2 cm³/mol. The van der Waals surface area contributed by atoms with E-state index in [2.05, 4.69) is 0 Å². The zero-order chi connectivity index (χ0) is 19.2.